The number of likely N-dealkylation sites (N-methyl/N-ethyl adjacent to an activating group) is 1. The number of piperazine rings is 1. The Morgan fingerprint density at radius 1 is 1.06 bits per heavy atom. The second kappa shape index (κ2) is 9.41. The van der Waals surface area contributed by atoms with Crippen molar-refractivity contribution in [3.05, 3.63) is 53.3 Å². The molecule has 6 heteroatoms. The Morgan fingerprint density at radius 3 is 2.39 bits per heavy atom. The Bertz CT molecular complexity index is 960. The topological polar surface area (TPSA) is 52.6 Å². The van der Waals surface area contributed by atoms with Crippen LogP contribution in [0.5, 0.6) is 0 Å². The second-order valence-corrected chi connectivity index (χ2v) is 10.1. The van der Waals surface area contributed by atoms with Gasteiger partial charge < -0.3 is 14.7 Å². The number of rotatable bonds is 6. The lowest BCUT2D eigenvalue weighted by atomic mass is 9.88. The van der Waals surface area contributed by atoms with Crippen molar-refractivity contribution in [2.75, 3.05) is 44.7 Å². The number of anilines is 1. The fourth-order valence-corrected chi connectivity index (χ4v) is 5.71. The van der Waals surface area contributed by atoms with E-state index in [9.17, 15) is 4.79 Å². The van der Waals surface area contributed by atoms with Crippen LogP contribution in [0, 0.1) is 0 Å². The monoisotopic (exact) mass is 447 g/mol. The highest BCUT2D eigenvalue weighted by Crippen LogP contribution is 2.54. The molecule has 3 aliphatic rings. The predicted molar refractivity (Wildman–Crippen MR) is 132 cm³/mol. The van der Waals surface area contributed by atoms with E-state index in [0.717, 1.165) is 70.0 Å². The molecule has 6 nitrogen and oxygen atoms in total. The zero-order valence-corrected chi connectivity index (χ0v) is 20.2. The molecule has 1 aromatic carbocycles. The lowest BCUT2D eigenvalue weighted by Crippen LogP contribution is -2.45. The first-order valence-corrected chi connectivity index (χ1v) is 12.8. The molecule has 1 saturated heterocycles. The highest BCUT2D eigenvalue weighted by atomic mass is 16.2. The van der Waals surface area contributed by atoms with Gasteiger partial charge >= 0.3 is 0 Å². The van der Waals surface area contributed by atoms with Crippen LogP contribution in [0.25, 0.3) is 0 Å². The molecule has 1 aliphatic heterocycles. The summed E-state index contributed by atoms with van der Waals surface area (Å²) in [6.07, 6.45) is 9.85. The summed E-state index contributed by atoms with van der Waals surface area (Å²) < 4.78 is 0. The Kier molecular flexibility index (Phi) is 6.37. The molecule has 176 valence electrons. The SMILES string of the molecule is CCN(C(=O)c1cnc(N2CCN(C)CC2)nc1C1(c2ccccc2)CC1)C1CCCCC1. The van der Waals surface area contributed by atoms with Gasteiger partial charge in [0.05, 0.1) is 11.3 Å². The summed E-state index contributed by atoms with van der Waals surface area (Å²) in [5.74, 6) is 0.893. The lowest BCUT2D eigenvalue weighted by Gasteiger charge is -2.35. The summed E-state index contributed by atoms with van der Waals surface area (Å²) in [7, 11) is 2.16. The third kappa shape index (κ3) is 4.37. The zero-order valence-electron chi connectivity index (χ0n) is 20.2. The number of carbonyl (C=O) groups is 1. The van der Waals surface area contributed by atoms with Gasteiger partial charge in [0.25, 0.3) is 5.91 Å². The van der Waals surface area contributed by atoms with E-state index in [0.29, 0.717) is 11.6 Å². The van der Waals surface area contributed by atoms with Gasteiger partial charge in [0.1, 0.15) is 0 Å². The molecule has 1 amide bonds. The van der Waals surface area contributed by atoms with Crippen LogP contribution in [-0.4, -0.2) is 71.5 Å². The van der Waals surface area contributed by atoms with Crippen molar-refractivity contribution >= 4 is 11.9 Å². The van der Waals surface area contributed by atoms with Crippen molar-refractivity contribution in [1.29, 1.82) is 0 Å². The molecule has 5 rings (SSSR count). The number of aromatic nitrogens is 2. The summed E-state index contributed by atoms with van der Waals surface area (Å²) in [4.78, 5) is 30.6. The van der Waals surface area contributed by atoms with Crippen LogP contribution in [0.3, 0.4) is 0 Å². The number of benzene rings is 1. The number of hydrogen-bond donors (Lipinski definition) is 0. The standard InChI is InChI=1S/C27H37N5O/c1-3-32(22-12-8-5-9-13-22)25(33)23-20-28-26(31-18-16-30(2)17-19-31)29-24(23)27(14-15-27)21-10-6-4-7-11-21/h4,6-7,10-11,20,22H,3,5,8-9,12-19H2,1-2H3. The van der Waals surface area contributed by atoms with Gasteiger partial charge in [-0.2, -0.15) is 0 Å². The highest BCUT2D eigenvalue weighted by Gasteiger charge is 2.50. The Balaban J connectivity index is 1.53. The van der Waals surface area contributed by atoms with Crippen LogP contribution >= 0.6 is 0 Å². The van der Waals surface area contributed by atoms with Gasteiger partial charge in [0.15, 0.2) is 0 Å². The third-order valence-electron chi connectivity index (χ3n) is 7.94. The van der Waals surface area contributed by atoms with E-state index in [2.05, 4.69) is 59.0 Å². The molecule has 0 atom stereocenters. The normalized spacial score (nSPS) is 21.1. The van der Waals surface area contributed by atoms with Crippen molar-refractivity contribution in [1.82, 2.24) is 19.8 Å². The van der Waals surface area contributed by atoms with Crippen molar-refractivity contribution in [3.63, 3.8) is 0 Å². The smallest absolute Gasteiger partial charge is 0.257 e. The molecule has 2 aliphatic carbocycles. The number of nitrogens with zero attached hydrogens (tertiary/aromatic N) is 5. The summed E-state index contributed by atoms with van der Waals surface area (Å²) in [6.45, 7) is 6.70. The number of amides is 1. The quantitative estimate of drug-likeness (QED) is 0.667. The van der Waals surface area contributed by atoms with Gasteiger partial charge in [-0.3, -0.25) is 4.79 Å². The van der Waals surface area contributed by atoms with Crippen molar-refractivity contribution in [2.24, 2.45) is 0 Å². The van der Waals surface area contributed by atoms with Crippen LogP contribution in [0.15, 0.2) is 36.5 Å². The second-order valence-electron chi connectivity index (χ2n) is 10.1. The van der Waals surface area contributed by atoms with Crippen LogP contribution in [-0.2, 0) is 5.41 Å². The number of carbonyl (C=O) groups excluding carboxylic acids is 1. The molecule has 33 heavy (non-hydrogen) atoms. The van der Waals surface area contributed by atoms with Gasteiger partial charge in [-0.25, -0.2) is 9.97 Å². The van der Waals surface area contributed by atoms with E-state index < -0.39 is 0 Å². The van der Waals surface area contributed by atoms with E-state index in [1.807, 2.05) is 6.20 Å². The fourth-order valence-electron chi connectivity index (χ4n) is 5.71. The van der Waals surface area contributed by atoms with Crippen molar-refractivity contribution < 1.29 is 4.79 Å². The summed E-state index contributed by atoms with van der Waals surface area (Å²) in [5.41, 5.74) is 2.75. The Morgan fingerprint density at radius 2 is 1.76 bits per heavy atom. The predicted octanol–water partition coefficient (Wildman–Crippen LogP) is 4.10. The molecule has 3 fully saturated rings. The van der Waals surface area contributed by atoms with E-state index in [-0.39, 0.29) is 11.3 Å². The third-order valence-corrected chi connectivity index (χ3v) is 7.94. The fraction of sp³-hybridized carbons (Fsp3) is 0.593. The molecule has 2 aromatic rings. The molecule has 1 aromatic heterocycles. The van der Waals surface area contributed by atoms with Gasteiger partial charge in [0.2, 0.25) is 5.95 Å². The summed E-state index contributed by atoms with van der Waals surface area (Å²) >= 11 is 0. The zero-order chi connectivity index (χ0) is 22.8. The van der Waals surface area contributed by atoms with Gasteiger partial charge in [-0.15, -0.1) is 0 Å². The largest absolute Gasteiger partial charge is 0.338 e. The van der Waals surface area contributed by atoms with Crippen LogP contribution in [0.2, 0.25) is 0 Å². The summed E-state index contributed by atoms with van der Waals surface area (Å²) in [6, 6.07) is 11.0. The van der Waals surface area contributed by atoms with Crippen LogP contribution in [0.4, 0.5) is 5.95 Å². The maximum absolute atomic E-state index is 14.0. The Hall–Kier alpha value is -2.47. The average Bonchev–Trinajstić information content (AvgIpc) is 3.68. The van der Waals surface area contributed by atoms with E-state index in [4.69, 9.17) is 9.97 Å². The molecule has 0 unspecified atom stereocenters. The van der Waals surface area contributed by atoms with E-state index >= 15 is 0 Å². The first-order valence-electron chi connectivity index (χ1n) is 12.8. The number of hydrogen-bond acceptors (Lipinski definition) is 5. The maximum Gasteiger partial charge on any atom is 0.257 e. The molecule has 0 spiro atoms. The molecule has 2 saturated carbocycles. The first kappa shape index (κ1) is 22.3. The molecular weight excluding hydrogens is 410 g/mol. The molecule has 0 bridgehead atoms. The average molecular weight is 448 g/mol. The van der Waals surface area contributed by atoms with Crippen molar-refractivity contribution in [3.8, 4) is 0 Å². The minimum absolute atomic E-state index is 0.117. The molecular formula is C27H37N5O. The first-order chi connectivity index (χ1) is 16.1. The Labute approximate surface area is 198 Å². The molecule has 2 heterocycles. The lowest BCUT2D eigenvalue weighted by molar-refractivity contribution is 0.0645. The van der Waals surface area contributed by atoms with Crippen LogP contribution < -0.4 is 4.90 Å². The minimum Gasteiger partial charge on any atom is -0.338 e. The molecule has 0 radical (unpaired) electrons. The van der Waals surface area contributed by atoms with Crippen molar-refractivity contribution in [2.45, 2.75) is 63.3 Å². The summed E-state index contributed by atoms with van der Waals surface area (Å²) in [5, 5.41) is 0. The van der Waals surface area contributed by atoms with E-state index in [1.54, 1.807) is 0 Å². The minimum atomic E-state index is -0.164. The van der Waals surface area contributed by atoms with E-state index in [1.165, 1.54) is 24.8 Å². The molecule has 0 N–H and O–H groups in total. The van der Waals surface area contributed by atoms with Gasteiger partial charge in [-0.1, -0.05) is 49.6 Å². The van der Waals surface area contributed by atoms with Gasteiger partial charge in [0, 0.05) is 50.4 Å². The highest BCUT2D eigenvalue weighted by molar-refractivity contribution is 5.96. The van der Waals surface area contributed by atoms with Crippen LogP contribution in [0.1, 0.15) is 73.5 Å². The maximum atomic E-state index is 14.0. The van der Waals surface area contributed by atoms with Gasteiger partial charge in [-0.05, 0) is 45.2 Å².